The molecule has 0 N–H and O–H groups in total. The van der Waals surface area contributed by atoms with E-state index >= 15 is 0 Å². The SMILES string of the molecule is CC1CCC(C(C#N)N2CCOCC2)O1. The van der Waals surface area contributed by atoms with E-state index < -0.39 is 0 Å². The zero-order chi connectivity index (χ0) is 10.7. The third-order valence-corrected chi connectivity index (χ3v) is 3.19. The van der Waals surface area contributed by atoms with Crippen LogP contribution in [0.3, 0.4) is 0 Å². The predicted molar refractivity (Wildman–Crippen MR) is 55.4 cm³/mol. The summed E-state index contributed by atoms with van der Waals surface area (Å²) < 4.78 is 11.0. The first kappa shape index (κ1) is 10.9. The maximum Gasteiger partial charge on any atom is 0.124 e. The minimum atomic E-state index is -0.0844. The fraction of sp³-hybridized carbons (Fsp3) is 0.909. The van der Waals surface area contributed by atoms with Crippen LogP contribution in [-0.2, 0) is 9.47 Å². The van der Waals surface area contributed by atoms with Gasteiger partial charge in [0.15, 0.2) is 0 Å². The summed E-state index contributed by atoms with van der Waals surface area (Å²) in [4.78, 5) is 2.19. The summed E-state index contributed by atoms with van der Waals surface area (Å²) in [5.74, 6) is 0. The Labute approximate surface area is 90.8 Å². The largest absolute Gasteiger partial charge is 0.379 e. The quantitative estimate of drug-likeness (QED) is 0.675. The summed E-state index contributed by atoms with van der Waals surface area (Å²) in [5, 5.41) is 9.21. The van der Waals surface area contributed by atoms with Crippen molar-refractivity contribution in [3.63, 3.8) is 0 Å². The first-order chi connectivity index (χ1) is 7.31. The van der Waals surface area contributed by atoms with E-state index in [1.165, 1.54) is 0 Å². The molecule has 2 heterocycles. The molecule has 0 saturated carbocycles. The second kappa shape index (κ2) is 4.93. The topological polar surface area (TPSA) is 45.5 Å². The number of ether oxygens (including phenoxy) is 2. The van der Waals surface area contributed by atoms with E-state index in [0.717, 1.165) is 39.1 Å². The lowest BCUT2D eigenvalue weighted by molar-refractivity contribution is -0.0273. The van der Waals surface area contributed by atoms with Gasteiger partial charge in [-0.05, 0) is 19.8 Å². The molecule has 3 unspecified atom stereocenters. The van der Waals surface area contributed by atoms with E-state index in [9.17, 15) is 5.26 Å². The van der Waals surface area contributed by atoms with Gasteiger partial charge in [-0.1, -0.05) is 0 Å². The van der Waals surface area contributed by atoms with Crippen molar-refractivity contribution in [3.05, 3.63) is 0 Å². The van der Waals surface area contributed by atoms with Gasteiger partial charge >= 0.3 is 0 Å². The van der Waals surface area contributed by atoms with Gasteiger partial charge in [0.25, 0.3) is 0 Å². The number of nitrogens with zero attached hydrogens (tertiary/aromatic N) is 2. The molecule has 0 amide bonds. The number of hydrogen-bond acceptors (Lipinski definition) is 4. The van der Waals surface area contributed by atoms with Crippen LogP contribution in [0.2, 0.25) is 0 Å². The van der Waals surface area contributed by atoms with Gasteiger partial charge < -0.3 is 9.47 Å². The molecule has 84 valence electrons. The molecule has 0 aromatic heterocycles. The smallest absolute Gasteiger partial charge is 0.124 e. The highest BCUT2D eigenvalue weighted by atomic mass is 16.5. The Kier molecular flexibility index (Phi) is 3.57. The van der Waals surface area contributed by atoms with E-state index in [1.54, 1.807) is 0 Å². The van der Waals surface area contributed by atoms with Gasteiger partial charge in [-0.3, -0.25) is 4.90 Å². The number of nitriles is 1. The van der Waals surface area contributed by atoms with Gasteiger partial charge in [-0.2, -0.15) is 5.26 Å². The molecular formula is C11H18N2O2. The van der Waals surface area contributed by atoms with E-state index in [4.69, 9.17) is 9.47 Å². The standard InChI is InChI=1S/C11H18N2O2/c1-9-2-3-11(15-9)10(8-12)13-4-6-14-7-5-13/h9-11H,2-7H2,1H3. The summed E-state index contributed by atoms with van der Waals surface area (Å²) in [6.07, 6.45) is 2.50. The van der Waals surface area contributed by atoms with E-state index in [1.807, 2.05) is 0 Å². The molecule has 0 aromatic rings. The van der Waals surface area contributed by atoms with Crippen LogP contribution < -0.4 is 0 Å². The van der Waals surface area contributed by atoms with Crippen molar-refractivity contribution in [3.8, 4) is 6.07 Å². The monoisotopic (exact) mass is 210 g/mol. The Hall–Kier alpha value is -0.630. The Bertz CT molecular complexity index is 241. The maximum atomic E-state index is 9.21. The van der Waals surface area contributed by atoms with Crippen LogP contribution in [0, 0.1) is 11.3 Å². The van der Waals surface area contributed by atoms with Crippen LogP contribution in [0.25, 0.3) is 0 Å². The highest BCUT2D eigenvalue weighted by Crippen LogP contribution is 2.24. The first-order valence-corrected chi connectivity index (χ1v) is 5.68. The Morgan fingerprint density at radius 2 is 2.07 bits per heavy atom. The van der Waals surface area contributed by atoms with Crippen LogP contribution in [0.4, 0.5) is 0 Å². The molecule has 2 rings (SSSR count). The minimum Gasteiger partial charge on any atom is -0.379 e. The van der Waals surface area contributed by atoms with E-state index in [2.05, 4.69) is 17.9 Å². The molecule has 4 heteroatoms. The average molecular weight is 210 g/mol. The minimum absolute atomic E-state index is 0.0844. The van der Waals surface area contributed by atoms with Gasteiger partial charge in [-0.15, -0.1) is 0 Å². The van der Waals surface area contributed by atoms with Gasteiger partial charge in [0, 0.05) is 13.1 Å². The fourth-order valence-electron chi connectivity index (χ4n) is 2.32. The Morgan fingerprint density at radius 3 is 2.60 bits per heavy atom. The van der Waals surface area contributed by atoms with Crippen molar-refractivity contribution in [1.82, 2.24) is 4.90 Å². The normalized spacial score (nSPS) is 34.9. The predicted octanol–water partition coefficient (Wildman–Crippen LogP) is 0.778. The lowest BCUT2D eigenvalue weighted by Gasteiger charge is -2.33. The molecule has 2 saturated heterocycles. The van der Waals surface area contributed by atoms with Gasteiger partial charge in [0.1, 0.15) is 6.04 Å². The van der Waals surface area contributed by atoms with Crippen molar-refractivity contribution >= 4 is 0 Å². The molecule has 15 heavy (non-hydrogen) atoms. The summed E-state index contributed by atoms with van der Waals surface area (Å²) in [7, 11) is 0. The third kappa shape index (κ3) is 2.49. The molecule has 4 nitrogen and oxygen atoms in total. The van der Waals surface area contributed by atoms with Crippen LogP contribution in [0.15, 0.2) is 0 Å². The molecule has 0 aromatic carbocycles. The van der Waals surface area contributed by atoms with Crippen LogP contribution in [-0.4, -0.2) is 49.5 Å². The van der Waals surface area contributed by atoms with Crippen LogP contribution >= 0.6 is 0 Å². The number of rotatable bonds is 2. The van der Waals surface area contributed by atoms with Crippen molar-refractivity contribution in [2.45, 2.75) is 38.0 Å². The number of morpholine rings is 1. The van der Waals surface area contributed by atoms with Crippen LogP contribution in [0.5, 0.6) is 0 Å². The van der Waals surface area contributed by atoms with Crippen molar-refractivity contribution in [2.24, 2.45) is 0 Å². The first-order valence-electron chi connectivity index (χ1n) is 5.68. The maximum absolute atomic E-state index is 9.21. The average Bonchev–Trinajstić information content (AvgIpc) is 2.68. The second-order valence-corrected chi connectivity index (χ2v) is 4.28. The van der Waals surface area contributed by atoms with Gasteiger partial charge in [-0.25, -0.2) is 0 Å². The molecule has 0 aliphatic carbocycles. The van der Waals surface area contributed by atoms with Crippen molar-refractivity contribution < 1.29 is 9.47 Å². The fourth-order valence-corrected chi connectivity index (χ4v) is 2.32. The van der Waals surface area contributed by atoms with E-state index in [0.29, 0.717) is 6.10 Å². The summed E-state index contributed by atoms with van der Waals surface area (Å²) >= 11 is 0. The molecule has 0 bridgehead atoms. The lowest BCUT2D eigenvalue weighted by atomic mass is 10.1. The molecule has 2 aliphatic heterocycles. The third-order valence-electron chi connectivity index (χ3n) is 3.19. The Balaban J connectivity index is 1.94. The lowest BCUT2D eigenvalue weighted by Crippen LogP contribution is -2.48. The van der Waals surface area contributed by atoms with Gasteiger partial charge in [0.2, 0.25) is 0 Å². The molecule has 0 spiro atoms. The zero-order valence-corrected chi connectivity index (χ0v) is 9.19. The molecule has 0 radical (unpaired) electrons. The highest BCUT2D eigenvalue weighted by molar-refractivity contribution is 5.00. The van der Waals surface area contributed by atoms with Crippen LogP contribution in [0.1, 0.15) is 19.8 Å². The molecule has 2 aliphatic rings. The molecular weight excluding hydrogens is 192 g/mol. The highest BCUT2D eigenvalue weighted by Gasteiger charge is 2.34. The summed E-state index contributed by atoms with van der Waals surface area (Å²) in [6.45, 7) is 5.26. The van der Waals surface area contributed by atoms with Crippen molar-refractivity contribution in [1.29, 1.82) is 5.26 Å². The summed E-state index contributed by atoms with van der Waals surface area (Å²) in [5.41, 5.74) is 0. The second-order valence-electron chi connectivity index (χ2n) is 4.28. The van der Waals surface area contributed by atoms with Crippen molar-refractivity contribution in [2.75, 3.05) is 26.3 Å². The molecule has 2 fully saturated rings. The van der Waals surface area contributed by atoms with E-state index in [-0.39, 0.29) is 12.1 Å². The van der Waals surface area contributed by atoms with Gasteiger partial charge in [0.05, 0.1) is 31.5 Å². The molecule has 3 atom stereocenters. The Morgan fingerprint density at radius 1 is 1.33 bits per heavy atom. The number of hydrogen-bond donors (Lipinski definition) is 0. The summed E-state index contributed by atoms with van der Waals surface area (Å²) in [6, 6.07) is 2.30. The zero-order valence-electron chi connectivity index (χ0n) is 9.19.